The summed E-state index contributed by atoms with van der Waals surface area (Å²) in [5.74, 6) is 0.112. The third kappa shape index (κ3) is 5.63. The van der Waals surface area contributed by atoms with Crippen molar-refractivity contribution < 1.29 is 9.36 Å². The second-order valence-electron chi connectivity index (χ2n) is 5.57. The minimum absolute atomic E-state index is 0.112. The molecule has 1 aromatic rings. The smallest absolute Gasteiger partial charge is 0.156 e. The van der Waals surface area contributed by atoms with Gasteiger partial charge in [0.25, 0.3) is 0 Å². The lowest BCUT2D eigenvalue weighted by molar-refractivity contribution is -0.114. The van der Waals surface area contributed by atoms with Crippen LogP contribution in [-0.4, -0.2) is 12.4 Å². The molecule has 0 aliphatic heterocycles. The zero-order valence-electron chi connectivity index (χ0n) is 13.5. The van der Waals surface area contributed by atoms with E-state index in [1.54, 1.807) is 12.7 Å². The number of ketones is 1. The monoisotopic (exact) mass is 306 g/mol. The van der Waals surface area contributed by atoms with Crippen molar-refractivity contribution in [2.45, 2.75) is 52.4 Å². The van der Waals surface area contributed by atoms with Crippen molar-refractivity contribution in [2.24, 2.45) is 0 Å². The number of carbonyl (C=O) groups is 1. The van der Waals surface area contributed by atoms with E-state index in [4.69, 9.17) is 0 Å². The van der Waals surface area contributed by atoms with E-state index in [1.165, 1.54) is 0 Å². The molecule has 0 fully saturated rings. The number of hydrogen-bond acceptors (Lipinski definition) is 2. The highest BCUT2D eigenvalue weighted by Crippen LogP contribution is 2.51. The molecule has 3 heteroatoms. The van der Waals surface area contributed by atoms with Crippen LogP contribution < -0.4 is 5.30 Å². The van der Waals surface area contributed by atoms with E-state index >= 15 is 0 Å². The van der Waals surface area contributed by atoms with Crippen LogP contribution in [0.2, 0.25) is 0 Å². The minimum Gasteiger partial charge on any atom is -0.314 e. The highest BCUT2D eigenvalue weighted by Gasteiger charge is 2.23. The van der Waals surface area contributed by atoms with Gasteiger partial charge in [-0.25, -0.2) is 0 Å². The molecule has 0 radical (unpaired) electrons. The molecule has 1 atom stereocenters. The zero-order valence-corrected chi connectivity index (χ0v) is 14.4. The first-order valence-electron chi connectivity index (χ1n) is 7.89. The van der Waals surface area contributed by atoms with Gasteiger partial charge in [0.2, 0.25) is 0 Å². The maximum absolute atomic E-state index is 13.2. The normalized spacial score (nSPS) is 14.7. The summed E-state index contributed by atoms with van der Waals surface area (Å²) < 4.78 is 13.2. The van der Waals surface area contributed by atoms with Crippen molar-refractivity contribution in [3.05, 3.63) is 41.7 Å². The number of hydrogen-bond donors (Lipinski definition) is 0. The van der Waals surface area contributed by atoms with Crippen LogP contribution in [0.4, 0.5) is 0 Å². The predicted octanol–water partition coefficient (Wildman–Crippen LogP) is 5.14. The van der Waals surface area contributed by atoms with Crippen molar-refractivity contribution in [1.82, 2.24) is 0 Å². The second-order valence-corrected chi connectivity index (χ2v) is 8.51. The fourth-order valence-electron chi connectivity index (χ4n) is 2.25. The molecule has 0 heterocycles. The average molecular weight is 306 g/mol. The van der Waals surface area contributed by atoms with Gasteiger partial charge in [0.15, 0.2) is 5.78 Å². The Morgan fingerprint density at radius 2 is 1.62 bits per heavy atom. The lowest BCUT2D eigenvalue weighted by atomic mass is 10.1. The molecule has 0 aliphatic rings. The fourth-order valence-corrected chi connectivity index (χ4v) is 4.30. The lowest BCUT2D eigenvalue weighted by Crippen LogP contribution is -2.07. The third-order valence-electron chi connectivity index (χ3n) is 3.69. The first kappa shape index (κ1) is 17.9. The van der Waals surface area contributed by atoms with Gasteiger partial charge in [0.1, 0.15) is 7.14 Å². The van der Waals surface area contributed by atoms with Crippen LogP contribution in [0, 0.1) is 0 Å². The number of allylic oxidation sites excluding steroid dienone is 2. The quantitative estimate of drug-likeness (QED) is 0.467. The predicted molar refractivity (Wildman–Crippen MR) is 91.7 cm³/mol. The van der Waals surface area contributed by atoms with Crippen molar-refractivity contribution in [2.75, 3.05) is 6.66 Å². The van der Waals surface area contributed by atoms with Gasteiger partial charge in [-0.15, -0.1) is 0 Å². The minimum atomic E-state index is -2.63. The SMILES string of the molecule is CCCCC(=O)/C=C(\CCCC)P(C)(=O)c1ccccc1. The van der Waals surface area contributed by atoms with Gasteiger partial charge < -0.3 is 4.57 Å². The topological polar surface area (TPSA) is 34.1 Å². The Balaban J connectivity index is 3.03. The van der Waals surface area contributed by atoms with E-state index in [9.17, 15) is 9.36 Å². The summed E-state index contributed by atoms with van der Waals surface area (Å²) in [7, 11) is -2.63. The van der Waals surface area contributed by atoms with Crippen molar-refractivity contribution in [3.63, 3.8) is 0 Å². The molecule has 0 amide bonds. The molecule has 0 saturated carbocycles. The summed E-state index contributed by atoms with van der Waals surface area (Å²) in [6.45, 7) is 5.97. The molecule has 1 aromatic carbocycles. The van der Waals surface area contributed by atoms with E-state index in [2.05, 4.69) is 13.8 Å². The van der Waals surface area contributed by atoms with Crippen molar-refractivity contribution in [1.29, 1.82) is 0 Å². The van der Waals surface area contributed by atoms with Crippen LogP contribution in [-0.2, 0) is 9.36 Å². The fraction of sp³-hybridized carbons (Fsp3) is 0.500. The molecule has 0 saturated heterocycles. The Hall–Kier alpha value is -1.14. The summed E-state index contributed by atoms with van der Waals surface area (Å²) >= 11 is 0. The zero-order chi connectivity index (χ0) is 15.7. The number of unbranched alkanes of at least 4 members (excludes halogenated alkanes) is 2. The van der Waals surface area contributed by atoms with Crippen LogP contribution in [0.15, 0.2) is 41.7 Å². The molecule has 0 N–H and O–H groups in total. The number of carbonyl (C=O) groups excluding carboxylic acids is 1. The number of benzene rings is 1. The van der Waals surface area contributed by atoms with Crippen LogP contribution in [0.1, 0.15) is 52.4 Å². The molecule has 0 spiro atoms. The van der Waals surface area contributed by atoms with Gasteiger partial charge in [0.05, 0.1) is 0 Å². The molecular formula is C18H27O2P. The van der Waals surface area contributed by atoms with Gasteiger partial charge in [-0.3, -0.25) is 4.79 Å². The van der Waals surface area contributed by atoms with Crippen molar-refractivity contribution in [3.8, 4) is 0 Å². The summed E-state index contributed by atoms with van der Waals surface area (Å²) in [4.78, 5) is 12.1. The first-order valence-corrected chi connectivity index (χ1v) is 10.0. The molecule has 2 nitrogen and oxygen atoms in total. The Morgan fingerprint density at radius 1 is 1.05 bits per heavy atom. The van der Waals surface area contributed by atoms with Gasteiger partial charge in [-0.2, -0.15) is 0 Å². The second kappa shape index (κ2) is 9.00. The van der Waals surface area contributed by atoms with Crippen molar-refractivity contribution >= 4 is 18.2 Å². The molecule has 1 unspecified atom stereocenters. The molecule has 1 rings (SSSR count). The van der Waals surface area contributed by atoms with Crippen LogP contribution >= 0.6 is 7.14 Å². The van der Waals surface area contributed by atoms with E-state index in [0.717, 1.165) is 42.7 Å². The summed E-state index contributed by atoms with van der Waals surface area (Å²) in [5.41, 5.74) is 0. The molecular weight excluding hydrogens is 279 g/mol. The molecule has 116 valence electrons. The van der Waals surface area contributed by atoms with Gasteiger partial charge in [-0.1, -0.05) is 57.0 Å². The van der Waals surface area contributed by atoms with Gasteiger partial charge in [-0.05, 0) is 37.3 Å². The van der Waals surface area contributed by atoms with Crippen LogP contribution in [0.3, 0.4) is 0 Å². The highest BCUT2D eigenvalue weighted by atomic mass is 31.2. The molecule has 0 aliphatic carbocycles. The first-order chi connectivity index (χ1) is 10.0. The number of rotatable bonds is 9. The van der Waals surface area contributed by atoms with Crippen LogP contribution in [0.25, 0.3) is 0 Å². The standard InChI is InChI=1S/C18H27O2P/c1-4-6-11-16(19)15-18(12-7-5-2)21(3,20)17-13-9-8-10-14-17/h8-10,13-15H,4-7,11-12H2,1-3H3/b18-15+. The van der Waals surface area contributed by atoms with Crippen LogP contribution in [0.5, 0.6) is 0 Å². The van der Waals surface area contributed by atoms with E-state index in [0.29, 0.717) is 6.42 Å². The Labute approximate surface area is 129 Å². The molecule has 21 heavy (non-hydrogen) atoms. The highest BCUT2D eigenvalue weighted by molar-refractivity contribution is 7.74. The van der Waals surface area contributed by atoms with E-state index < -0.39 is 7.14 Å². The maximum Gasteiger partial charge on any atom is 0.156 e. The lowest BCUT2D eigenvalue weighted by Gasteiger charge is -2.17. The van der Waals surface area contributed by atoms with Gasteiger partial charge >= 0.3 is 0 Å². The largest absolute Gasteiger partial charge is 0.314 e. The third-order valence-corrected chi connectivity index (χ3v) is 6.42. The summed E-state index contributed by atoms with van der Waals surface area (Å²) in [6.07, 6.45) is 6.88. The summed E-state index contributed by atoms with van der Waals surface area (Å²) in [5, 5.41) is 1.67. The Morgan fingerprint density at radius 3 is 2.19 bits per heavy atom. The summed E-state index contributed by atoms with van der Waals surface area (Å²) in [6, 6.07) is 9.53. The van der Waals surface area contributed by atoms with E-state index in [-0.39, 0.29) is 5.78 Å². The van der Waals surface area contributed by atoms with E-state index in [1.807, 2.05) is 30.3 Å². The molecule has 0 aromatic heterocycles. The van der Waals surface area contributed by atoms with Gasteiger partial charge in [0, 0.05) is 11.7 Å². The average Bonchev–Trinajstić information content (AvgIpc) is 2.50. The maximum atomic E-state index is 13.2. The Bertz CT molecular complexity index is 517. The molecule has 0 bridgehead atoms. The Kier molecular flexibility index (Phi) is 7.67.